The Balaban J connectivity index is 2.03. The molecule has 2 heterocycles. The van der Waals surface area contributed by atoms with Crippen LogP contribution in [0.25, 0.3) is 6.08 Å². The summed E-state index contributed by atoms with van der Waals surface area (Å²) in [5.41, 5.74) is 4.15. The number of aromatic nitrogens is 1. The second-order valence-corrected chi connectivity index (χ2v) is 7.04. The molecule has 1 aliphatic heterocycles. The van der Waals surface area contributed by atoms with Crippen molar-refractivity contribution in [2.75, 3.05) is 13.6 Å². The minimum absolute atomic E-state index is 0.292. The van der Waals surface area contributed by atoms with Gasteiger partial charge in [-0.25, -0.2) is 0 Å². The summed E-state index contributed by atoms with van der Waals surface area (Å²) in [5.74, 6) is 0. The van der Waals surface area contributed by atoms with Gasteiger partial charge < -0.3 is 0 Å². The largest absolute Gasteiger partial charge is 0.295 e. The molecular weight excluding hydrogens is 268 g/mol. The summed E-state index contributed by atoms with van der Waals surface area (Å²) < 4.78 is 0. The van der Waals surface area contributed by atoms with Gasteiger partial charge in [-0.05, 0) is 48.2 Å². The van der Waals surface area contributed by atoms with Crippen LogP contribution in [0.15, 0.2) is 60.3 Å². The van der Waals surface area contributed by atoms with Gasteiger partial charge in [-0.3, -0.25) is 9.88 Å². The summed E-state index contributed by atoms with van der Waals surface area (Å²) in [6, 6.07) is 17.2. The number of pyridine rings is 1. The van der Waals surface area contributed by atoms with E-state index in [1.54, 1.807) is 0 Å². The van der Waals surface area contributed by atoms with Crippen LogP contribution in [0.1, 0.15) is 37.6 Å². The van der Waals surface area contributed by atoms with Crippen molar-refractivity contribution in [3.05, 3.63) is 71.6 Å². The zero-order valence-electron chi connectivity index (χ0n) is 13.7. The van der Waals surface area contributed by atoms with Gasteiger partial charge in [0, 0.05) is 12.7 Å². The lowest BCUT2D eigenvalue weighted by molar-refractivity contribution is 0.133. The van der Waals surface area contributed by atoms with Crippen molar-refractivity contribution >= 4 is 6.08 Å². The number of rotatable bonds is 2. The van der Waals surface area contributed by atoms with Crippen LogP contribution in [0.3, 0.4) is 0 Å². The number of piperidine rings is 1. The highest BCUT2D eigenvalue weighted by atomic mass is 15.1. The average molecular weight is 292 g/mol. The summed E-state index contributed by atoms with van der Waals surface area (Å²) in [6.45, 7) is 5.79. The van der Waals surface area contributed by atoms with Crippen LogP contribution >= 0.6 is 0 Å². The third-order valence-corrected chi connectivity index (χ3v) is 4.29. The van der Waals surface area contributed by atoms with Gasteiger partial charge in [0.25, 0.3) is 0 Å². The predicted molar refractivity (Wildman–Crippen MR) is 92.4 cm³/mol. The van der Waals surface area contributed by atoms with E-state index >= 15 is 0 Å². The van der Waals surface area contributed by atoms with E-state index in [0.717, 1.165) is 18.7 Å². The normalized spacial score (nSPS) is 23.6. The minimum Gasteiger partial charge on any atom is -0.295 e. The van der Waals surface area contributed by atoms with Crippen molar-refractivity contribution in [2.24, 2.45) is 5.41 Å². The second kappa shape index (κ2) is 6.05. The van der Waals surface area contributed by atoms with Crippen molar-refractivity contribution in [2.45, 2.75) is 26.3 Å². The van der Waals surface area contributed by atoms with Crippen LogP contribution in [-0.2, 0) is 0 Å². The third kappa shape index (κ3) is 3.28. The second-order valence-electron chi connectivity index (χ2n) is 7.04. The Labute approximate surface area is 133 Å². The van der Waals surface area contributed by atoms with Gasteiger partial charge in [0.15, 0.2) is 0 Å². The van der Waals surface area contributed by atoms with E-state index < -0.39 is 0 Å². The quantitative estimate of drug-likeness (QED) is 0.806. The lowest BCUT2D eigenvalue weighted by Gasteiger charge is -2.44. The van der Waals surface area contributed by atoms with Crippen LogP contribution in [0.2, 0.25) is 0 Å². The van der Waals surface area contributed by atoms with E-state index in [-0.39, 0.29) is 0 Å². The fourth-order valence-corrected chi connectivity index (χ4v) is 3.64. The highest BCUT2D eigenvalue weighted by Crippen LogP contribution is 2.42. The lowest BCUT2D eigenvalue weighted by atomic mass is 9.76. The molecule has 114 valence electrons. The molecule has 2 heteroatoms. The van der Waals surface area contributed by atoms with E-state index in [1.807, 2.05) is 12.3 Å². The minimum atomic E-state index is 0.292. The SMILES string of the molecule is CN1CC(C)(C)CC(=Cc2ccccn2)C1c1ccccc1. The molecule has 2 aromatic rings. The fourth-order valence-electron chi connectivity index (χ4n) is 3.64. The molecule has 0 bridgehead atoms. The molecule has 1 atom stereocenters. The van der Waals surface area contributed by atoms with Crippen LogP contribution in [0, 0.1) is 5.41 Å². The predicted octanol–water partition coefficient (Wildman–Crippen LogP) is 4.57. The molecule has 0 aliphatic carbocycles. The number of hydrogen-bond acceptors (Lipinski definition) is 2. The molecule has 0 spiro atoms. The molecule has 22 heavy (non-hydrogen) atoms. The summed E-state index contributed by atoms with van der Waals surface area (Å²) in [6.07, 6.45) is 5.24. The molecule has 0 saturated carbocycles. The number of nitrogens with zero attached hydrogens (tertiary/aromatic N) is 2. The van der Waals surface area contributed by atoms with Gasteiger partial charge >= 0.3 is 0 Å². The Hall–Kier alpha value is -1.93. The van der Waals surface area contributed by atoms with Gasteiger partial charge in [0.05, 0.1) is 11.7 Å². The maximum atomic E-state index is 4.48. The molecule has 1 fully saturated rings. The molecule has 0 radical (unpaired) electrons. The van der Waals surface area contributed by atoms with E-state index in [1.165, 1.54) is 11.1 Å². The first-order valence-corrected chi connectivity index (χ1v) is 7.92. The zero-order chi connectivity index (χ0) is 15.6. The zero-order valence-corrected chi connectivity index (χ0v) is 13.7. The standard InChI is InChI=1S/C20H24N2/c1-20(2)14-17(13-18-11-7-8-12-21-18)19(22(3)15-20)16-9-5-4-6-10-16/h4-13,19H,14-15H2,1-3H3. The van der Waals surface area contributed by atoms with E-state index in [0.29, 0.717) is 11.5 Å². The van der Waals surface area contributed by atoms with Crippen molar-refractivity contribution < 1.29 is 0 Å². The lowest BCUT2D eigenvalue weighted by Crippen LogP contribution is -2.41. The van der Waals surface area contributed by atoms with Crippen LogP contribution in [-0.4, -0.2) is 23.5 Å². The summed E-state index contributed by atoms with van der Waals surface area (Å²) >= 11 is 0. The third-order valence-electron chi connectivity index (χ3n) is 4.29. The Bertz CT molecular complexity index is 644. The first kappa shape index (κ1) is 15.0. The molecule has 1 aromatic carbocycles. The molecule has 0 amide bonds. The molecule has 1 unspecified atom stereocenters. The van der Waals surface area contributed by atoms with E-state index in [4.69, 9.17) is 0 Å². The highest BCUT2D eigenvalue weighted by molar-refractivity contribution is 5.52. The number of benzene rings is 1. The topological polar surface area (TPSA) is 16.1 Å². The van der Waals surface area contributed by atoms with Crippen LogP contribution in [0.5, 0.6) is 0 Å². The molecule has 0 N–H and O–H groups in total. The van der Waals surface area contributed by atoms with Gasteiger partial charge in [-0.15, -0.1) is 0 Å². The van der Waals surface area contributed by atoms with Gasteiger partial charge in [0.2, 0.25) is 0 Å². The molecule has 1 aliphatic rings. The van der Waals surface area contributed by atoms with Crippen molar-refractivity contribution in [1.82, 2.24) is 9.88 Å². The summed E-state index contributed by atoms with van der Waals surface area (Å²) in [7, 11) is 2.23. The maximum Gasteiger partial charge on any atom is 0.0629 e. The Morgan fingerprint density at radius 1 is 1.09 bits per heavy atom. The average Bonchev–Trinajstić information content (AvgIpc) is 2.47. The van der Waals surface area contributed by atoms with Crippen LogP contribution in [0.4, 0.5) is 0 Å². The van der Waals surface area contributed by atoms with Crippen molar-refractivity contribution in [3.8, 4) is 0 Å². The Kier molecular flexibility index (Phi) is 4.12. The number of hydrogen-bond donors (Lipinski definition) is 0. The highest BCUT2D eigenvalue weighted by Gasteiger charge is 2.35. The van der Waals surface area contributed by atoms with E-state index in [2.05, 4.69) is 79.3 Å². The van der Waals surface area contributed by atoms with Crippen LogP contribution < -0.4 is 0 Å². The van der Waals surface area contributed by atoms with Gasteiger partial charge in [-0.2, -0.15) is 0 Å². The smallest absolute Gasteiger partial charge is 0.0629 e. The number of likely N-dealkylation sites (N-methyl/N-ethyl adjacent to an activating group) is 1. The van der Waals surface area contributed by atoms with Gasteiger partial charge in [0.1, 0.15) is 0 Å². The molecule has 1 aromatic heterocycles. The maximum absolute atomic E-state index is 4.48. The molecule has 3 rings (SSSR count). The fraction of sp³-hybridized carbons (Fsp3) is 0.350. The first-order chi connectivity index (χ1) is 10.6. The molecule has 1 saturated heterocycles. The van der Waals surface area contributed by atoms with E-state index in [9.17, 15) is 0 Å². The van der Waals surface area contributed by atoms with Crippen molar-refractivity contribution in [3.63, 3.8) is 0 Å². The first-order valence-electron chi connectivity index (χ1n) is 7.92. The summed E-state index contributed by atoms with van der Waals surface area (Å²) in [4.78, 5) is 6.94. The molecular formula is C20H24N2. The Morgan fingerprint density at radius 2 is 1.82 bits per heavy atom. The summed E-state index contributed by atoms with van der Waals surface area (Å²) in [5, 5.41) is 0. The van der Waals surface area contributed by atoms with Gasteiger partial charge in [-0.1, -0.05) is 50.2 Å². The monoisotopic (exact) mass is 292 g/mol. The number of likely N-dealkylation sites (tertiary alicyclic amines) is 1. The Morgan fingerprint density at radius 3 is 2.50 bits per heavy atom. The molecule has 2 nitrogen and oxygen atoms in total. The van der Waals surface area contributed by atoms with Crippen molar-refractivity contribution in [1.29, 1.82) is 0 Å².